The summed E-state index contributed by atoms with van der Waals surface area (Å²) in [5.74, 6) is 0. The number of rotatable bonds is 0. The maximum atomic E-state index is 2.26. The van der Waals surface area contributed by atoms with Gasteiger partial charge in [-0.2, -0.15) is 0 Å². The first-order chi connectivity index (χ1) is 6.45. The van der Waals surface area contributed by atoms with Gasteiger partial charge in [-0.15, -0.1) is 0 Å². The summed E-state index contributed by atoms with van der Waals surface area (Å²) in [6.07, 6.45) is 2.22. The maximum Gasteiger partial charge on any atom is 0.113 e. The number of hydrogen-bond donors (Lipinski definition) is 0. The van der Waals surface area contributed by atoms with Crippen LogP contribution < -0.4 is 5.19 Å². The van der Waals surface area contributed by atoms with Crippen molar-refractivity contribution in [1.82, 2.24) is 0 Å². The minimum absolute atomic E-state index is 0.853. The summed E-state index contributed by atoms with van der Waals surface area (Å²) in [5.41, 5.74) is 3.66. The number of benzene rings is 2. The molecule has 1 heteroatoms. The average Bonchev–Trinajstić information content (AvgIpc) is 2.65. The van der Waals surface area contributed by atoms with E-state index < -0.39 is 0 Å². The van der Waals surface area contributed by atoms with E-state index in [0.29, 0.717) is 0 Å². The van der Waals surface area contributed by atoms with Crippen LogP contribution in [0.15, 0.2) is 42.1 Å². The van der Waals surface area contributed by atoms with Gasteiger partial charge in [0.05, 0.1) is 0 Å². The van der Waals surface area contributed by atoms with Crippen LogP contribution in [0, 0.1) is 0 Å². The Kier molecular flexibility index (Phi) is 1.40. The van der Waals surface area contributed by atoms with E-state index in [9.17, 15) is 0 Å². The molecule has 0 saturated carbocycles. The van der Waals surface area contributed by atoms with Gasteiger partial charge in [-0.25, -0.2) is 0 Å². The van der Waals surface area contributed by atoms with E-state index in [1.54, 1.807) is 0 Å². The molecule has 3 rings (SSSR count). The molecule has 2 radical (unpaired) electrons. The average molecular weight is 180 g/mol. The summed E-state index contributed by atoms with van der Waals surface area (Å²) in [6, 6.07) is 13.0. The largest absolute Gasteiger partial charge is 0.113 e. The molecular formula is C12H8Si. The highest BCUT2D eigenvalue weighted by molar-refractivity contribution is 6.65. The second kappa shape index (κ2) is 2.57. The minimum Gasteiger partial charge on any atom is -0.0927 e. The molecule has 0 saturated heterocycles. The van der Waals surface area contributed by atoms with E-state index in [-0.39, 0.29) is 0 Å². The van der Waals surface area contributed by atoms with Crippen LogP contribution >= 0.6 is 0 Å². The van der Waals surface area contributed by atoms with Crippen LogP contribution in [0.1, 0.15) is 5.56 Å². The summed E-state index contributed by atoms with van der Waals surface area (Å²) in [5, 5.41) is 4.29. The summed E-state index contributed by atoms with van der Waals surface area (Å²) < 4.78 is 0. The molecular weight excluding hydrogens is 172 g/mol. The van der Waals surface area contributed by atoms with E-state index in [1.165, 1.54) is 21.5 Å². The Morgan fingerprint density at radius 2 is 1.85 bits per heavy atom. The summed E-state index contributed by atoms with van der Waals surface area (Å²) in [7, 11) is 0.853. The molecule has 0 amide bonds. The van der Waals surface area contributed by atoms with Gasteiger partial charge < -0.3 is 0 Å². The highest BCUT2D eigenvalue weighted by atomic mass is 28.2. The standard InChI is InChI=1S/C12H8Si/c1-2-4-11-9(3-1)5-6-10-7-8-13-12(10)11/h1-8H. The van der Waals surface area contributed by atoms with Crippen LogP contribution in [0.4, 0.5) is 0 Å². The zero-order chi connectivity index (χ0) is 8.67. The van der Waals surface area contributed by atoms with Gasteiger partial charge in [0.2, 0.25) is 0 Å². The third-order valence-electron chi connectivity index (χ3n) is 2.45. The first-order valence-electron chi connectivity index (χ1n) is 4.40. The second-order valence-electron chi connectivity index (χ2n) is 3.23. The lowest BCUT2D eigenvalue weighted by atomic mass is 10.1. The third kappa shape index (κ3) is 0.973. The third-order valence-corrected chi connectivity index (χ3v) is 3.63. The van der Waals surface area contributed by atoms with Crippen LogP contribution in [0.2, 0.25) is 0 Å². The number of hydrogen-bond acceptors (Lipinski definition) is 0. The second-order valence-corrected chi connectivity index (χ2v) is 4.35. The zero-order valence-electron chi connectivity index (χ0n) is 7.12. The van der Waals surface area contributed by atoms with Gasteiger partial charge in [0.15, 0.2) is 0 Å². The molecule has 13 heavy (non-hydrogen) atoms. The molecule has 60 valence electrons. The normalized spacial score (nSPS) is 13.5. The van der Waals surface area contributed by atoms with Crippen molar-refractivity contribution in [1.29, 1.82) is 0 Å². The fraction of sp³-hybridized carbons (Fsp3) is 0. The topological polar surface area (TPSA) is 0 Å². The fourth-order valence-corrected chi connectivity index (χ4v) is 2.95. The molecule has 0 nitrogen and oxygen atoms in total. The summed E-state index contributed by atoms with van der Waals surface area (Å²) in [6.45, 7) is 0. The molecule has 2 aromatic carbocycles. The van der Waals surface area contributed by atoms with Crippen molar-refractivity contribution in [2.75, 3.05) is 0 Å². The Morgan fingerprint density at radius 3 is 2.85 bits per heavy atom. The molecule has 0 bridgehead atoms. The quantitative estimate of drug-likeness (QED) is 0.545. The predicted molar refractivity (Wildman–Crippen MR) is 58.4 cm³/mol. The van der Waals surface area contributed by atoms with Crippen LogP contribution in [0.5, 0.6) is 0 Å². The van der Waals surface area contributed by atoms with Crippen LogP contribution in [-0.4, -0.2) is 9.52 Å². The highest BCUT2D eigenvalue weighted by Gasteiger charge is 2.08. The first kappa shape index (κ1) is 7.10. The molecule has 0 spiro atoms. The Labute approximate surface area is 79.7 Å². The van der Waals surface area contributed by atoms with Crippen molar-refractivity contribution in [2.24, 2.45) is 0 Å². The lowest BCUT2D eigenvalue weighted by molar-refractivity contribution is 1.76. The van der Waals surface area contributed by atoms with E-state index >= 15 is 0 Å². The van der Waals surface area contributed by atoms with Crippen molar-refractivity contribution in [2.45, 2.75) is 0 Å². The molecule has 0 unspecified atom stereocenters. The van der Waals surface area contributed by atoms with Gasteiger partial charge in [-0.3, -0.25) is 0 Å². The molecule has 0 aromatic heterocycles. The Hall–Kier alpha value is -1.34. The van der Waals surface area contributed by atoms with E-state index in [0.717, 1.165) is 9.52 Å². The van der Waals surface area contributed by atoms with E-state index in [2.05, 4.69) is 48.2 Å². The molecule has 1 aliphatic rings. The lowest BCUT2D eigenvalue weighted by Crippen LogP contribution is -2.12. The van der Waals surface area contributed by atoms with E-state index in [4.69, 9.17) is 0 Å². The van der Waals surface area contributed by atoms with Crippen molar-refractivity contribution < 1.29 is 0 Å². The molecule has 1 aliphatic heterocycles. The van der Waals surface area contributed by atoms with Gasteiger partial charge >= 0.3 is 0 Å². The summed E-state index contributed by atoms with van der Waals surface area (Å²) >= 11 is 0. The van der Waals surface area contributed by atoms with Gasteiger partial charge in [0.1, 0.15) is 9.52 Å². The lowest BCUT2D eigenvalue weighted by Gasteiger charge is -2.03. The summed E-state index contributed by atoms with van der Waals surface area (Å²) in [4.78, 5) is 0. The highest BCUT2D eigenvalue weighted by Crippen LogP contribution is 2.16. The molecule has 1 heterocycles. The monoisotopic (exact) mass is 180 g/mol. The van der Waals surface area contributed by atoms with Crippen molar-refractivity contribution in [3.05, 3.63) is 47.7 Å². The van der Waals surface area contributed by atoms with Crippen LogP contribution in [0.25, 0.3) is 16.8 Å². The van der Waals surface area contributed by atoms with Gasteiger partial charge in [0.25, 0.3) is 0 Å². The smallest absolute Gasteiger partial charge is 0.0927 e. The predicted octanol–water partition coefficient (Wildman–Crippen LogP) is 2.15. The van der Waals surface area contributed by atoms with Crippen molar-refractivity contribution in [3.8, 4) is 0 Å². The Morgan fingerprint density at radius 1 is 0.923 bits per heavy atom. The van der Waals surface area contributed by atoms with Crippen LogP contribution in [0.3, 0.4) is 0 Å². The SMILES string of the molecule is C1=Cc2ccc3ccccc3c2[Si]1. The Bertz CT molecular complexity index is 497. The van der Waals surface area contributed by atoms with Crippen molar-refractivity contribution in [3.63, 3.8) is 0 Å². The van der Waals surface area contributed by atoms with Crippen molar-refractivity contribution >= 4 is 31.6 Å². The van der Waals surface area contributed by atoms with Gasteiger partial charge in [-0.1, -0.05) is 48.2 Å². The molecule has 0 aliphatic carbocycles. The van der Waals surface area contributed by atoms with Gasteiger partial charge in [-0.05, 0) is 21.5 Å². The molecule has 0 fully saturated rings. The molecule has 0 N–H and O–H groups in total. The van der Waals surface area contributed by atoms with Gasteiger partial charge in [0, 0.05) is 0 Å². The fourth-order valence-electron chi connectivity index (χ4n) is 1.80. The molecule has 2 aromatic rings. The minimum atomic E-state index is 0.853. The Balaban J connectivity index is 2.46. The van der Waals surface area contributed by atoms with Crippen LogP contribution in [-0.2, 0) is 0 Å². The number of fused-ring (bicyclic) bond motifs is 3. The van der Waals surface area contributed by atoms with E-state index in [1.807, 2.05) is 0 Å². The maximum absolute atomic E-state index is 2.26. The zero-order valence-corrected chi connectivity index (χ0v) is 8.12. The molecule has 0 atom stereocenters. The first-order valence-corrected chi connectivity index (χ1v) is 5.48.